The Morgan fingerprint density at radius 2 is 2.17 bits per heavy atom. The van der Waals surface area contributed by atoms with Crippen LogP contribution in [-0.4, -0.2) is 16.5 Å². The second kappa shape index (κ2) is 6.07. The number of aryl methyl sites for hydroxylation is 1. The Morgan fingerprint density at radius 3 is 2.83 bits per heavy atom. The van der Waals surface area contributed by atoms with Crippen molar-refractivity contribution in [3.63, 3.8) is 0 Å². The summed E-state index contributed by atoms with van der Waals surface area (Å²) in [5.74, 6) is 1.49. The Balaban J connectivity index is 2.12. The van der Waals surface area contributed by atoms with Gasteiger partial charge in [-0.3, -0.25) is 0 Å². The maximum atomic E-state index is 4.61. The van der Waals surface area contributed by atoms with E-state index in [2.05, 4.69) is 46.0 Å². The highest BCUT2D eigenvalue weighted by Crippen LogP contribution is 2.18. The van der Waals surface area contributed by atoms with Crippen LogP contribution in [0.15, 0.2) is 22.9 Å². The van der Waals surface area contributed by atoms with Gasteiger partial charge in [-0.05, 0) is 36.9 Å². The van der Waals surface area contributed by atoms with Gasteiger partial charge in [-0.25, -0.2) is 9.97 Å². The van der Waals surface area contributed by atoms with E-state index < -0.39 is 0 Å². The lowest BCUT2D eigenvalue weighted by Gasteiger charge is -2.08. The first kappa shape index (κ1) is 13.2. The third-order valence-corrected chi connectivity index (χ3v) is 3.23. The highest BCUT2D eigenvalue weighted by atomic mass is 32.1. The molecule has 4 heteroatoms. The maximum absolute atomic E-state index is 4.61. The molecule has 0 saturated heterocycles. The van der Waals surface area contributed by atoms with E-state index in [-0.39, 0.29) is 0 Å². The second-order valence-electron chi connectivity index (χ2n) is 4.86. The Kier molecular flexibility index (Phi) is 4.44. The van der Waals surface area contributed by atoms with Crippen molar-refractivity contribution in [1.29, 1.82) is 0 Å². The number of thiophene rings is 1. The van der Waals surface area contributed by atoms with Crippen LogP contribution < -0.4 is 5.32 Å². The van der Waals surface area contributed by atoms with Crippen LogP contribution in [0.3, 0.4) is 0 Å². The zero-order valence-corrected chi connectivity index (χ0v) is 11.9. The van der Waals surface area contributed by atoms with Crippen molar-refractivity contribution in [1.82, 2.24) is 15.3 Å². The summed E-state index contributed by atoms with van der Waals surface area (Å²) in [6, 6.07) is 4.11. The van der Waals surface area contributed by atoms with Gasteiger partial charge in [0.2, 0.25) is 0 Å². The lowest BCUT2D eigenvalue weighted by molar-refractivity contribution is 0.548. The first-order chi connectivity index (χ1) is 8.65. The molecule has 0 spiro atoms. The molecule has 0 atom stereocenters. The van der Waals surface area contributed by atoms with Crippen LogP contribution in [0.5, 0.6) is 0 Å². The average molecular weight is 261 g/mol. The molecule has 2 heterocycles. The summed E-state index contributed by atoms with van der Waals surface area (Å²) < 4.78 is 0. The average Bonchev–Trinajstić information content (AvgIpc) is 2.81. The Hall–Kier alpha value is -1.26. The first-order valence-electron chi connectivity index (χ1n) is 6.23. The molecule has 0 saturated carbocycles. The summed E-state index contributed by atoms with van der Waals surface area (Å²) in [5.41, 5.74) is 3.19. The first-order valence-corrected chi connectivity index (χ1v) is 7.17. The molecule has 0 aromatic carbocycles. The van der Waals surface area contributed by atoms with Crippen molar-refractivity contribution in [2.45, 2.75) is 27.3 Å². The molecule has 0 unspecified atom stereocenters. The van der Waals surface area contributed by atoms with Crippen molar-refractivity contribution in [3.8, 4) is 11.4 Å². The Labute approximate surface area is 112 Å². The molecule has 0 aliphatic heterocycles. The van der Waals surface area contributed by atoms with Crippen LogP contribution in [0.4, 0.5) is 0 Å². The summed E-state index contributed by atoms with van der Waals surface area (Å²) in [5, 5.41) is 7.55. The molecule has 2 aromatic heterocycles. The molecule has 0 amide bonds. The van der Waals surface area contributed by atoms with Gasteiger partial charge < -0.3 is 5.32 Å². The standard InChI is InChI=1S/C14H19N3S/c1-10(2)7-15-8-13-6-11(3)16-14(17-13)12-4-5-18-9-12/h4-6,9-10,15H,7-8H2,1-3H3. The summed E-state index contributed by atoms with van der Waals surface area (Å²) in [4.78, 5) is 9.09. The normalized spacial score (nSPS) is 11.1. The van der Waals surface area contributed by atoms with Crippen LogP contribution >= 0.6 is 11.3 Å². The van der Waals surface area contributed by atoms with E-state index in [0.717, 1.165) is 35.9 Å². The largest absolute Gasteiger partial charge is 0.311 e. The highest BCUT2D eigenvalue weighted by Gasteiger charge is 2.05. The third kappa shape index (κ3) is 3.62. The van der Waals surface area contributed by atoms with Gasteiger partial charge in [-0.15, -0.1) is 0 Å². The molecular weight excluding hydrogens is 242 g/mol. The minimum Gasteiger partial charge on any atom is -0.311 e. The smallest absolute Gasteiger partial charge is 0.160 e. The predicted octanol–water partition coefficient (Wildman–Crippen LogP) is 3.26. The minimum atomic E-state index is 0.657. The molecule has 0 aliphatic carbocycles. The molecule has 0 aliphatic rings. The summed E-state index contributed by atoms with van der Waals surface area (Å²) in [6.07, 6.45) is 0. The lowest BCUT2D eigenvalue weighted by Crippen LogP contribution is -2.20. The number of nitrogens with one attached hydrogen (secondary N) is 1. The third-order valence-electron chi connectivity index (χ3n) is 2.55. The van der Waals surface area contributed by atoms with Crippen molar-refractivity contribution >= 4 is 11.3 Å². The number of hydrogen-bond donors (Lipinski definition) is 1. The molecule has 0 bridgehead atoms. The van der Waals surface area contributed by atoms with Crippen molar-refractivity contribution in [2.75, 3.05) is 6.54 Å². The van der Waals surface area contributed by atoms with Gasteiger partial charge in [0.25, 0.3) is 0 Å². The minimum absolute atomic E-state index is 0.657. The Morgan fingerprint density at radius 1 is 1.33 bits per heavy atom. The van der Waals surface area contributed by atoms with Crippen LogP contribution in [0.1, 0.15) is 25.2 Å². The van der Waals surface area contributed by atoms with E-state index in [4.69, 9.17) is 0 Å². The molecule has 1 N–H and O–H groups in total. The zero-order valence-electron chi connectivity index (χ0n) is 11.1. The zero-order chi connectivity index (χ0) is 13.0. The molecule has 96 valence electrons. The topological polar surface area (TPSA) is 37.8 Å². The molecule has 18 heavy (non-hydrogen) atoms. The van der Waals surface area contributed by atoms with Gasteiger partial charge in [-0.1, -0.05) is 13.8 Å². The summed E-state index contributed by atoms with van der Waals surface area (Å²) in [6.45, 7) is 8.24. The van der Waals surface area contributed by atoms with Crippen LogP contribution in [-0.2, 0) is 6.54 Å². The quantitative estimate of drug-likeness (QED) is 0.897. The lowest BCUT2D eigenvalue weighted by atomic mass is 10.2. The van der Waals surface area contributed by atoms with Gasteiger partial charge in [0, 0.05) is 23.2 Å². The number of hydrogen-bond acceptors (Lipinski definition) is 4. The molecule has 2 aromatic rings. The van der Waals surface area contributed by atoms with Crippen LogP contribution in [0.25, 0.3) is 11.4 Å². The fraction of sp³-hybridized carbons (Fsp3) is 0.429. The van der Waals surface area contributed by atoms with E-state index in [1.54, 1.807) is 11.3 Å². The van der Waals surface area contributed by atoms with Crippen molar-refractivity contribution in [3.05, 3.63) is 34.3 Å². The van der Waals surface area contributed by atoms with E-state index >= 15 is 0 Å². The molecule has 3 nitrogen and oxygen atoms in total. The number of nitrogens with zero attached hydrogens (tertiary/aromatic N) is 2. The van der Waals surface area contributed by atoms with E-state index in [1.165, 1.54) is 0 Å². The van der Waals surface area contributed by atoms with Gasteiger partial charge in [0.1, 0.15) is 0 Å². The molecule has 0 fully saturated rings. The fourth-order valence-electron chi connectivity index (χ4n) is 1.73. The van der Waals surface area contributed by atoms with Crippen molar-refractivity contribution < 1.29 is 0 Å². The molecule has 0 radical (unpaired) electrons. The number of aromatic nitrogens is 2. The maximum Gasteiger partial charge on any atom is 0.160 e. The van der Waals surface area contributed by atoms with Crippen LogP contribution in [0, 0.1) is 12.8 Å². The monoisotopic (exact) mass is 261 g/mol. The van der Waals surface area contributed by atoms with Crippen LogP contribution in [0.2, 0.25) is 0 Å². The van der Waals surface area contributed by atoms with Gasteiger partial charge in [-0.2, -0.15) is 11.3 Å². The number of rotatable bonds is 5. The SMILES string of the molecule is Cc1cc(CNCC(C)C)nc(-c2ccsc2)n1. The second-order valence-corrected chi connectivity index (χ2v) is 5.64. The summed E-state index contributed by atoms with van der Waals surface area (Å²) >= 11 is 1.67. The molecule has 2 rings (SSSR count). The predicted molar refractivity (Wildman–Crippen MR) is 76.6 cm³/mol. The molecular formula is C14H19N3S. The van der Waals surface area contributed by atoms with Gasteiger partial charge in [0.15, 0.2) is 5.82 Å². The Bertz CT molecular complexity index is 492. The van der Waals surface area contributed by atoms with Gasteiger partial charge in [0.05, 0.1) is 5.69 Å². The van der Waals surface area contributed by atoms with Crippen molar-refractivity contribution in [2.24, 2.45) is 5.92 Å². The van der Waals surface area contributed by atoms with E-state index in [1.807, 2.05) is 13.0 Å². The fourth-order valence-corrected chi connectivity index (χ4v) is 2.37. The highest BCUT2D eigenvalue weighted by molar-refractivity contribution is 7.08. The van der Waals surface area contributed by atoms with E-state index in [0.29, 0.717) is 5.92 Å². The van der Waals surface area contributed by atoms with Gasteiger partial charge >= 0.3 is 0 Å². The van der Waals surface area contributed by atoms with E-state index in [9.17, 15) is 0 Å². The summed E-state index contributed by atoms with van der Waals surface area (Å²) in [7, 11) is 0.